The third-order valence-corrected chi connectivity index (χ3v) is 8.12. The predicted octanol–water partition coefficient (Wildman–Crippen LogP) is 9.61. The van der Waals surface area contributed by atoms with E-state index in [9.17, 15) is 0 Å². The fraction of sp³-hybridized carbons (Fsp3) is 0.0270. The zero-order valence-corrected chi connectivity index (χ0v) is 20.9. The molecule has 1 nitrogen and oxygen atoms in total. The second-order valence-electron chi connectivity index (χ2n) is 10.1. The molecule has 6 aromatic carbocycles. The summed E-state index contributed by atoms with van der Waals surface area (Å²) in [5, 5.41) is 2.58. The van der Waals surface area contributed by atoms with Crippen LogP contribution in [0.3, 0.4) is 0 Å². The van der Waals surface area contributed by atoms with Gasteiger partial charge in [0.25, 0.3) is 0 Å². The van der Waals surface area contributed by atoms with E-state index in [0.717, 1.165) is 0 Å². The minimum atomic E-state index is 0.286. The highest BCUT2D eigenvalue weighted by atomic mass is 15.0. The molecule has 0 atom stereocenters. The highest BCUT2D eigenvalue weighted by Gasteiger charge is 2.29. The summed E-state index contributed by atoms with van der Waals surface area (Å²) in [6, 6.07) is 53.1. The van der Waals surface area contributed by atoms with E-state index in [0.29, 0.717) is 0 Å². The van der Waals surface area contributed by atoms with Gasteiger partial charge < -0.3 is 4.57 Å². The quantitative estimate of drug-likeness (QED) is 0.236. The van der Waals surface area contributed by atoms with Crippen LogP contribution < -0.4 is 0 Å². The standard InChI is InChI=1S/C37H25N/c1-3-13-33-29(9-1)30-10-2-4-14-34(30)37(33)27-19-17-25(18-20-27)26-21-23-28(24-22-26)38-35-15-7-5-11-31(35)32-12-6-8-16-36(32)38/h1-24,37H. The van der Waals surface area contributed by atoms with E-state index in [4.69, 9.17) is 0 Å². The first-order valence-electron chi connectivity index (χ1n) is 13.2. The second kappa shape index (κ2) is 8.33. The van der Waals surface area contributed by atoms with Gasteiger partial charge in [0, 0.05) is 22.4 Å². The van der Waals surface area contributed by atoms with Gasteiger partial charge >= 0.3 is 0 Å². The molecule has 0 fully saturated rings. The maximum atomic E-state index is 2.37. The molecule has 0 unspecified atom stereocenters. The van der Waals surface area contributed by atoms with Crippen LogP contribution in [0.5, 0.6) is 0 Å². The van der Waals surface area contributed by atoms with Crippen molar-refractivity contribution in [3.63, 3.8) is 0 Å². The molecule has 0 saturated heterocycles. The van der Waals surface area contributed by atoms with Gasteiger partial charge in [-0.1, -0.05) is 121 Å². The summed E-state index contributed by atoms with van der Waals surface area (Å²) < 4.78 is 2.37. The van der Waals surface area contributed by atoms with Gasteiger partial charge in [-0.15, -0.1) is 0 Å². The molecule has 0 aliphatic heterocycles. The molecular formula is C37H25N. The van der Waals surface area contributed by atoms with Crippen molar-refractivity contribution in [1.82, 2.24) is 4.57 Å². The minimum Gasteiger partial charge on any atom is -0.309 e. The van der Waals surface area contributed by atoms with Gasteiger partial charge in [0.1, 0.15) is 0 Å². The molecule has 1 heteroatoms. The van der Waals surface area contributed by atoms with E-state index in [1.807, 2.05) is 0 Å². The largest absolute Gasteiger partial charge is 0.309 e. The number of rotatable bonds is 3. The van der Waals surface area contributed by atoms with Crippen LogP contribution in [-0.4, -0.2) is 4.57 Å². The summed E-state index contributed by atoms with van der Waals surface area (Å²) in [6.45, 7) is 0. The van der Waals surface area contributed by atoms with Crippen LogP contribution in [0.15, 0.2) is 146 Å². The van der Waals surface area contributed by atoms with E-state index < -0.39 is 0 Å². The number of nitrogens with zero attached hydrogens (tertiary/aromatic N) is 1. The maximum absolute atomic E-state index is 2.37. The molecule has 1 aliphatic carbocycles. The Hall–Kier alpha value is -4.88. The first-order chi connectivity index (χ1) is 18.9. The molecule has 178 valence electrons. The zero-order valence-electron chi connectivity index (χ0n) is 20.9. The lowest BCUT2D eigenvalue weighted by atomic mass is 9.88. The summed E-state index contributed by atoms with van der Waals surface area (Å²) in [5.74, 6) is 0.286. The van der Waals surface area contributed by atoms with Gasteiger partial charge in [-0.25, -0.2) is 0 Å². The molecule has 0 saturated carbocycles. The highest BCUT2D eigenvalue weighted by molar-refractivity contribution is 6.09. The fourth-order valence-electron chi connectivity index (χ4n) is 6.39. The summed E-state index contributed by atoms with van der Waals surface area (Å²) in [5.41, 5.74) is 13.0. The lowest BCUT2D eigenvalue weighted by Crippen LogP contribution is -1.99. The summed E-state index contributed by atoms with van der Waals surface area (Å²) in [6.07, 6.45) is 0. The minimum absolute atomic E-state index is 0.286. The van der Waals surface area contributed by atoms with Gasteiger partial charge in [-0.05, 0) is 63.2 Å². The van der Waals surface area contributed by atoms with E-state index in [1.54, 1.807) is 0 Å². The van der Waals surface area contributed by atoms with Gasteiger partial charge in [0.2, 0.25) is 0 Å². The lowest BCUT2D eigenvalue weighted by molar-refractivity contribution is 1.02. The van der Waals surface area contributed by atoms with Crippen LogP contribution in [0.2, 0.25) is 0 Å². The number of benzene rings is 6. The summed E-state index contributed by atoms with van der Waals surface area (Å²) >= 11 is 0. The average Bonchev–Trinajstić information content (AvgIpc) is 3.51. The van der Waals surface area contributed by atoms with Crippen molar-refractivity contribution in [2.24, 2.45) is 0 Å². The molecule has 0 spiro atoms. The van der Waals surface area contributed by atoms with Crippen molar-refractivity contribution in [1.29, 1.82) is 0 Å². The second-order valence-corrected chi connectivity index (χ2v) is 10.1. The van der Waals surface area contributed by atoms with Crippen LogP contribution in [0, 0.1) is 0 Å². The number of hydrogen-bond donors (Lipinski definition) is 0. The Bertz CT molecular complexity index is 1860. The Morgan fingerprint density at radius 1 is 0.395 bits per heavy atom. The van der Waals surface area contributed by atoms with Crippen LogP contribution in [0.25, 0.3) is 49.7 Å². The molecule has 0 bridgehead atoms. The summed E-state index contributed by atoms with van der Waals surface area (Å²) in [7, 11) is 0. The Morgan fingerprint density at radius 2 is 0.842 bits per heavy atom. The van der Waals surface area contributed by atoms with E-state index in [2.05, 4.69) is 150 Å². The Kier molecular flexibility index (Phi) is 4.65. The number of hydrogen-bond acceptors (Lipinski definition) is 0. The van der Waals surface area contributed by atoms with Crippen molar-refractivity contribution in [3.05, 3.63) is 162 Å². The zero-order chi connectivity index (χ0) is 25.1. The average molecular weight is 484 g/mol. The van der Waals surface area contributed by atoms with Crippen LogP contribution in [0.1, 0.15) is 22.6 Å². The number of para-hydroxylation sites is 2. The van der Waals surface area contributed by atoms with Gasteiger partial charge in [-0.3, -0.25) is 0 Å². The van der Waals surface area contributed by atoms with Gasteiger partial charge in [0.15, 0.2) is 0 Å². The third-order valence-electron chi connectivity index (χ3n) is 8.12. The third kappa shape index (κ3) is 3.12. The SMILES string of the molecule is c1ccc2c(c1)-c1ccccc1C2c1ccc(-c2ccc(-n3c4ccccc4c4ccccc43)cc2)cc1. The van der Waals surface area contributed by atoms with Crippen LogP contribution >= 0.6 is 0 Å². The molecule has 1 heterocycles. The predicted molar refractivity (Wildman–Crippen MR) is 159 cm³/mol. The van der Waals surface area contributed by atoms with Crippen LogP contribution in [0.4, 0.5) is 0 Å². The van der Waals surface area contributed by atoms with Crippen molar-refractivity contribution in [2.45, 2.75) is 5.92 Å². The number of fused-ring (bicyclic) bond motifs is 6. The first kappa shape index (κ1) is 21.2. The van der Waals surface area contributed by atoms with Crippen molar-refractivity contribution in [3.8, 4) is 27.9 Å². The molecule has 0 radical (unpaired) electrons. The number of aromatic nitrogens is 1. The molecule has 1 aliphatic rings. The molecule has 8 rings (SSSR count). The lowest BCUT2D eigenvalue weighted by Gasteiger charge is -2.15. The molecule has 38 heavy (non-hydrogen) atoms. The topological polar surface area (TPSA) is 4.93 Å². The van der Waals surface area contributed by atoms with E-state index in [-0.39, 0.29) is 5.92 Å². The van der Waals surface area contributed by atoms with E-state index >= 15 is 0 Å². The maximum Gasteiger partial charge on any atom is 0.0541 e. The molecule has 0 N–H and O–H groups in total. The monoisotopic (exact) mass is 483 g/mol. The Labute approximate surface area is 222 Å². The Balaban J connectivity index is 1.16. The van der Waals surface area contributed by atoms with E-state index in [1.165, 1.54) is 66.4 Å². The van der Waals surface area contributed by atoms with Crippen molar-refractivity contribution in [2.75, 3.05) is 0 Å². The van der Waals surface area contributed by atoms with Gasteiger partial charge in [0.05, 0.1) is 11.0 Å². The fourth-order valence-corrected chi connectivity index (χ4v) is 6.39. The molecular weight excluding hydrogens is 458 g/mol. The smallest absolute Gasteiger partial charge is 0.0541 e. The molecule has 7 aromatic rings. The summed E-state index contributed by atoms with van der Waals surface area (Å²) in [4.78, 5) is 0. The van der Waals surface area contributed by atoms with Crippen molar-refractivity contribution < 1.29 is 0 Å². The van der Waals surface area contributed by atoms with Gasteiger partial charge in [-0.2, -0.15) is 0 Å². The highest BCUT2D eigenvalue weighted by Crippen LogP contribution is 2.47. The Morgan fingerprint density at radius 3 is 1.39 bits per heavy atom. The molecule has 0 amide bonds. The van der Waals surface area contributed by atoms with Crippen LogP contribution in [-0.2, 0) is 0 Å². The molecule has 1 aromatic heterocycles. The normalized spacial score (nSPS) is 12.6. The van der Waals surface area contributed by atoms with Crippen molar-refractivity contribution >= 4 is 21.8 Å². The first-order valence-corrected chi connectivity index (χ1v) is 13.2.